The van der Waals surface area contributed by atoms with Crippen LogP contribution in [0.4, 0.5) is 5.69 Å². The highest BCUT2D eigenvalue weighted by molar-refractivity contribution is 5.55. The van der Waals surface area contributed by atoms with Gasteiger partial charge in [-0.25, -0.2) is 4.98 Å². The molecule has 80 valence electrons. The number of pyridine rings is 1. The van der Waals surface area contributed by atoms with Crippen LogP contribution in [-0.4, -0.2) is 22.5 Å². The number of likely N-dealkylation sites (N-methyl/N-ethyl adjacent to an activating group) is 1. The van der Waals surface area contributed by atoms with Gasteiger partial charge in [0.1, 0.15) is 5.82 Å². The molecular weight excluding hydrogens is 188 g/mol. The number of nitrogen functional groups attached to an aromatic ring is 1. The molecule has 3 N–H and O–H groups in total. The predicted molar refractivity (Wildman–Crippen MR) is 61.8 cm³/mol. The minimum Gasteiger partial charge on any atom is -0.399 e. The Balaban J connectivity index is 2.36. The standard InChI is InChI=1S/C11H16N4/c1-8(13-2)5-11-14-7-10-6-9(12)3-4-15(10)11/h3-4,6-8,13H,5,12H2,1-2H3. The molecule has 15 heavy (non-hydrogen) atoms. The summed E-state index contributed by atoms with van der Waals surface area (Å²) < 4.78 is 2.07. The normalized spacial score (nSPS) is 13.2. The summed E-state index contributed by atoms with van der Waals surface area (Å²) in [7, 11) is 1.96. The largest absolute Gasteiger partial charge is 0.399 e. The van der Waals surface area contributed by atoms with Crippen LogP contribution in [0.15, 0.2) is 24.5 Å². The van der Waals surface area contributed by atoms with Crippen molar-refractivity contribution in [1.29, 1.82) is 0 Å². The molecule has 4 nitrogen and oxygen atoms in total. The number of rotatable bonds is 3. The van der Waals surface area contributed by atoms with Crippen LogP contribution in [0.1, 0.15) is 12.7 Å². The number of imidazole rings is 1. The highest BCUT2D eigenvalue weighted by atomic mass is 15.0. The van der Waals surface area contributed by atoms with E-state index in [-0.39, 0.29) is 0 Å². The Morgan fingerprint density at radius 1 is 1.60 bits per heavy atom. The molecule has 0 radical (unpaired) electrons. The zero-order valence-electron chi connectivity index (χ0n) is 9.07. The summed E-state index contributed by atoms with van der Waals surface area (Å²) >= 11 is 0. The smallest absolute Gasteiger partial charge is 0.114 e. The molecule has 0 fully saturated rings. The van der Waals surface area contributed by atoms with Gasteiger partial charge in [-0.15, -0.1) is 0 Å². The van der Waals surface area contributed by atoms with Gasteiger partial charge in [-0.1, -0.05) is 0 Å². The first-order chi connectivity index (χ1) is 7.20. The third-order valence-electron chi connectivity index (χ3n) is 2.61. The van der Waals surface area contributed by atoms with E-state index in [9.17, 15) is 0 Å². The van der Waals surface area contributed by atoms with Gasteiger partial charge in [-0.3, -0.25) is 0 Å². The molecule has 0 aliphatic heterocycles. The Labute approximate surface area is 89.1 Å². The molecule has 0 aliphatic carbocycles. The lowest BCUT2D eigenvalue weighted by molar-refractivity contribution is 0.590. The summed E-state index contributed by atoms with van der Waals surface area (Å²) in [6.07, 6.45) is 4.73. The van der Waals surface area contributed by atoms with Gasteiger partial charge in [-0.05, 0) is 26.1 Å². The molecule has 2 aromatic rings. The fraction of sp³-hybridized carbons (Fsp3) is 0.364. The zero-order valence-corrected chi connectivity index (χ0v) is 9.07. The molecule has 0 amide bonds. The third kappa shape index (κ3) is 1.94. The van der Waals surface area contributed by atoms with Gasteiger partial charge in [0.05, 0.1) is 11.7 Å². The Hall–Kier alpha value is -1.55. The maximum absolute atomic E-state index is 5.71. The fourth-order valence-electron chi connectivity index (χ4n) is 1.60. The van der Waals surface area contributed by atoms with E-state index < -0.39 is 0 Å². The van der Waals surface area contributed by atoms with Crippen LogP contribution in [0.25, 0.3) is 5.52 Å². The van der Waals surface area contributed by atoms with Gasteiger partial charge >= 0.3 is 0 Å². The summed E-state index contributed by atoms with van der Waals surface area (Å²) in [5, 5.41) is 3.20. The number of nitrogens with zero attached hydrogens (tertiary/aromatic N) is 2. The van der Waals surface area contributed by atoms with E-state index in [0.717, 1.165) is 23.4 Å². The molecule has 0 aliphatic rings. The number of hydrogen-bond acceptors (Lipinski definition) is 3. The second-order valence-electron chi connectivity index (χ2n) is 3.82. The van der Waals surface area contributed by atoms with Crippen LogP contribution in [0.2, 0.25) is 0 Å². The van der Waals surface area contributed by atoms with Crippen LogP contribution in [-0.2, 0) is 6.42 Å². The van der Waals surface area contributed by atoms with E-state index in [4.69, 9.17) is 5.73 Å². The van der Waals surface area contributed by atoms with Crippen molar-refractivity contribution >= 4 is 11.2 Å². The van der Waals surface area contributed by atoms with Gasteiger partial charge in [0, 0.05) is 24.3 Å². The van der Waals surface area contributed by atoms with Crippen molar-refractivity contribution in [3.63, 3.8) is 0 Å². The van der Waals surface area contributed by atoms with Crippen molar-refractivity contribution in [2.24, 2.45) is 0 Å². The second-order valence-corrected chi connectivity index (χ2v) is 3.82. The summed E-state index contributed by atoms with van der Waals surface area (Å²) in [4.78, 5) is 4.39. The van der Waals surface area contributed by atoms with E-state index in [0.29, 0.717) is 6.04 Å². The molecule has 0 saturated heterocycles. The monoisotopic (exact) mass is 204 g/mol. The summed E-state index contributed by atoms with van der Waals surface area (Å²) in [6, 6.07) is 4.25. The van der Waals surface area contributed by atoms with Gasteiger partial charge in [0.15, 0.2) is 0 Å². The lowest BCUT2D eigenvalue weighted by atomic mass is 10.2. The Morgan fingerprint density at radius 3 is 3.13 bits per heavy atom. The highest BCUT2D eigenvalue weighted by Crippen LogP contribution is 2.12. The lowest BCUT2D eigenvalue weighted by Crippen LogP contribution is -2.24. The van der Waals surface area contributed by atoms with Gasteiger partial charge in [-0.2, -0.15) is 0 Å². The maximum Gasteiger partial charge on any atom is 0.114 e. The van der Waals surface area contributed by atoms with Crippen LogP contribution < -0.4 is 11.1 Å². The van der Waals surface area contributed by atoms with E-state index in [1.165, 1.54) is 0 Å². The summed E-state index contributed by atoms with van der Waals surface area (Å²) in [5.41, 5.74) is 7.53. The Bertz CT molecular complexity index is 461. The molecule has 2 heterocycles. The highest BCUT2D eigenvalue weighted by Gasteiger charge is 2.06. The topological polar surface area (TPSA) is 55.3 Å². The van der Waals surface area contributed by atoms with Gasteiger partial charge in [0.25, 0.3) is 0 Å². The van der Waals surface area contributed by atoms with Crippen LogP contribution in [0, 0.1) is 0 Å². The molecule has 4 heteroatoms. The fourth-order valence-corrected chi connectivity index (χ4v) is 1.60. The van der Waals surface area contributed by atoms with Crippen molar-refractivity contribution in [2.45, 2.75) is 19.4 Å². The number of aromatic nitrogens is 2. The average Bonchev–Trinajstić information content (AvgIpc) is 2.60. The van der Waals surface area contributed by atoms with Crippen molar-refractivity contribution in [2.75, 3.05) is 12.8 Å². The van der Waals surface area contributed by atoms with E-state index in [1.807, 2.05) is 31.6 Å². The first-order valence-electron chi connectivity index (χ1n) is 5.09. The van der Waals surface area contributed by atoms with Crippen LogP contribution >= 0.6 is 0 Å². The Kier molecular flexibility index (Phi) is 2.60. The average molecular weight is 204 g/mol. The number of nitrogens with one attached hydrogen (secondary N) is 1. The Morgan fingerprint density at radius 2 is 2.40 bits per heavy atom. The van der Waals surface area contributed by atoms with Crippen molar-refractivity contribution in [1.82, 2.24) is 14.7 Å². The maximum atomic E-state index is 5.71. The first kappa shape index (κ1) is 9.98. The van der Waals surface area contributed by atoms with Crippen molar-refractivity contribution < 1.29 is 0 Å². The molecular formula is C11H16N4. The summed E-state index contributed by atoms with van der Waals surface area (Å²) in [5.74, 6) is 1.06. The molecule has 0 bridgehead atoms. The first-order valence-corrected chi connectivity index (χ1v) is 5.09. The minimum absolute atomic E-state index is 0.424. The molecule has 0 saturated carbocycles. The predicted octanol–water partition coefficient (Wildman–Crippen LogP) is 1.07. The van der Waals surface area contributed by atoms with Crippen molar-refractivity contribution in [3.8, 4) is 0 Å². The lowest BCUT2D eigenvalue weighted by Gasteiger charge is -2.08. The van der Waals surface area contributed by atoms with E-state index in [2.05, 4.69) is 21.6 Å². The van der Waals surface area contributed by atoms with Crippen LogP contribution in [0.5, 0.6) is 0 Å². The minimum atomic E-state index is 0.424. The third-order valence-corrected chi connectivity index (χ3v) is 2.61. The molecule has 2 rings (SSSR count). The van der Waals surface area contributed by atoms with Crippen molar-refractivity contribution in [3.05, 3.63) is 30.4 Å². The quantitative estimate of drug-likeness (QED) is 0.786. The zero-order chi connectivity index (χ0) is 10.8. The van der Waals surface area contributed by atoms with Crippen LogP contribution in [0.3, 0.4) is 0 Å². The number of nitrogens with two attached hydrogens (primary N) is 1. The molecule has 0 aromatic carbocycles. The molecule has 1 unspecified atom stereocenters. The summed E-state index contributed by atoms with van der Waals surface area (Å²) in [6.45, 7) is 2.14. The van der Waals surface area contributed by atoms with E-state index in [1.54, 1.807) is 0 Å². The molecule has 1 atom stereocenters. The second kappa shape index (κ2) is 3.90. The van der Waals surface area contributed by atoms with Gasteiger partial charge in [0.2, 0.25) is 0 Å². The molecule has 0 spiro atoms. The van der Waals surface area contributed by atoms with Gasteiger partial charge < -0.3 is 15.5 Å². The molecule has 2 aromatic heterocycles. The number of hydrogen-bond donors (Lipinski definition) is 2. The SMILES string of the molecule is CNC(C)Cc1ncc2cc(N)ccn12. The number of fused-ring (bicyclic) bond motifs is 1. The number of anilines is 1. The van der Waals surface area contributed by atoms with E-state index >= 15 is 0 Å².